The maximum Gasteiger partial charge on any atom is 0.328 e. The molecule has 7 heteroatoms. The van der Waals surface area contributed by atoms with Crippen molar-refractivity contribution >= 4 is 17.8 Å². The number of morpholine rings is 1. The van der Waals surface area contributed by atoms with Crippen molar-refractivity contribution in [2.24, 2.45) is 5.92 Å². The van der Waals surface area contributed by atoms with Crippen molar-refractivity contribution in [3.63, 3.8) is 0 Å². The standard InChI is InChI=1S/C13H20N2O5/c1-8(2)15-6-9(5-11(15)16)12(17)14-3-4-20-7-10(14)13(18)19/h8-10H,3-7H2,1-2H3,(H,18,19)/t9-,10+/m0/s1. The lowest BCUT2D eigenvalue weighted by Gasteiger charge is -2.34. The van der Waals surface area contributed by atoms with Crippen LogP contribution >= 0.6 is 0 Å². The molecule has 0 bridgehead atoms. The number of hydrogen-bond acceptors (Lipinski definition) is 4. The molecule has 112 valence electrons. The summed E-state index contributed by atoms with van der Waals surface area (Å²) in [6.45, 7) is 4.79. The summed E-state index contributed by atoms with van der Waals surface area (Å²) in [4.78, 5) is 38.5. The van der Waals surface area contributed by atoms with Crippen molar-refractivity contribution in [1.82, 2.24) is 9.80 Å². The summed E-state index contributed by atoms with van der Waals surface area (Å²) in [7, 11) is 0. The number of aliphatic carboxylic acids is 1. The summed E-state index contributed by atoms with van der Waals surface area (Å²) in [6, 6.07) is -0.889. The van der Waals surface area contributed by atoms with Gasteiger partial charge in [-0.15, -0.1) is 0 Å². The van der Waals surface area contributed by atoms with Crippen LogP contribution in [0.25, 0.3) is 0 Å². The topological polar surface area (TPSA) is 87.2 Å². The molecule has 2 atom stereocenters. The first-order valence-electron chi connectivity index (χ1n) is 6.82. The van der Waals surface area contributed by atoms with Gasteiger partial charge >= 0.3 is 5.97 Å². The van der Waals surface area contributed by atoms with Gasteiger partial charge in [0.05, 0.1) is 19.1 Å². The quantitative estimate of drug-likeness (QED) is 0.759. The molecule has 0 aromatic carbocycles. The molecule has 2 fully saturated rings. The largest absolute Gasteiger partial charge is 0.480 e. The SMILES string of the molecule is CC(C)N1C[C@@H](C(=O)N2CCOC[C@@H]2C(=O)O)CC1=O. The zero-order chi connectivity index (χ0) is 14.9. The monoisotopic (exact) mass is 284 g/mol. The first-order valence-corrected chi connectivity index (χ1v) is 6.82. The average Bonchev–Trinajstić information content (AvgIpc) is 2.80. The highest BCUT2D eigenvalue weighted by molar-refractivity contribution is 5.91. The lowest BCUT2D eigenvalue weighted by molar-refractivity contribution is -0.160. The Morgan fingerprint density at radius 1 is 1.40 bits per heavy atom. The molecule has 2 saturated heterocycles. The van der Waals surface area contributed by atoms with Crippen LogP contribution in [0.4, 0.5) is 0 Å². The van der Waals surface area contributed by atoms with Gasteiger partial charge in [0.1, 0.15) is 0 Å². The third-order valence-electron chi connectivity index (χ3n) is 3.83. The molecule has 20 heavy (non-hydrogen) atoms. The second kappa shape index (κ2) is 5.78. The van der Waals surface area contributed by atoms with Crippen molar-refractivity contribution in [1.29, 1.82) is 0 Å². The van der Waals surface area contributed by atoms with Gasteiger partial charge in [0, 0.05) is 25.6 Å². The number of nitrogens with zero attached hydrogens (tertiary/aromatic N) is 2. The van der Waals surface area contributed by atoms with E-state index >= 15 is 0 Å². The van der Waals surface area contributed by atoms with Crippen LogP contribution in [0.2, 0.25) is 0 Å². The molecule has 2 amide bonds. The van der Waals surface area contributed by atoms with E-state index in [-0.39, 0.29) is 37.4 Å². The van der Waals surface area contributed by atoms with Crippen LogP contribution in [0.15, 0.2) is 0 Å². The number of amides is 2. The normalized spacial score (nSPS) is 27.2. The minimum atomic E-state index is -1.07. The predicted molar refractivity (Wildman–Crippen MR) is 68.9 cm³/mol. The minimum absolute atomic E-state index is 0.00956. The van der Waals surface area contributed by atoms with Gasteiger partial charge < -0.3 is 19.6 Å². The van der Waals surface area contributed by atoms with Crippen molar-refractivity contribution in [3.8, 4) is 0 Å². The minimum Gasteiger partial charge on any atom is -0.480 e. The molecule has 0 unspecified atom stereocenters. The third-order valence-corrected chi connectivity index (χ3v) is 3.83. The molecule has 0 radical (unpaired) electrons. The Bertz CT molecular complexity index is 423. The average molecular weight is 284 g/mol. The summed E-state index contributed by atoms with van der Waals surface area (Å²) < 4.78 is 5.11. The zero-order valence-electron chi connectivity index (χ0n) is 11.7. The van der Waals surface area contributed by atoms with E-state index in [0.29, 0.717) is 13.2 Å². The number of hydrogen-bond donors (Lipinski definition) is 1. The van der Waals surface area contributed by atoms with Gasteiger partial charge in [0.2, 0.25) is 11.8 Å². The zero-order valence-corrected chi connectivity index (χ0v) is 11.7. The highest BCUT2D eigenvalue weighted by atomic mass is 16.5. The maximum atomic E-state index is 12.5. The molecule has 0 spiro atoms. The lowest BCUT2D eigenvalue weighted by atomic mass is 10.1. The van der Waals surface area contributed by atoms with E-state index in [4.69, 9.17) is 9.84 Å². The molecule has 1 N–H and O–H groups in total. The Labute approximate surface area is 117 Å². The molecule has 0 aromatic heterocycles. The number of carbonyl (C=O) groups excluding carboxylic acids is 2. The van der Waals surface area contributed by atoms with Crippen LogP contribution in [0.3, 0.4) is 0 Å². The second-order valence-corrected chi connectivity index (χ2v) is 5.50. The van der Waals surface area contributed by atoms with Crippen molar-refractivity contribution < 1.29 is 24.2 Å². The van der Waals surface area contributed by atoms with Crippen molar-refractivity contribution in [2.45, 2.75) is 32.4 Å². The van der Waals surface area contributed by atoms with Crippen LogP contribution in [-0.4, -0.2) is 71.1 Å². The van der Waals surface area contributed by atoms with Gasteiger partial charge in [-0.1, -0.05) is 0 Å². The first-order chi connectivity index (χ1) is 9.41. The number of carbonyl (C=O) groups is 3. The van der Waals surface area contributed by atoms with E-state index < -0.39 is 17.9 Å². The Hall–Kier alpha value is -1.63. The molecular formula is C13H20N2O5. The predicted octanol–water partition coefficient (Wildman–Crippen LogP) is -0.445. The molecule has 2 rings (SSSR count). The van der Waals surface area contributed by atoms with E-state index in [9.17, 15) is 14.4 Å². The highest BCUT2D eigenvalue weighted by Crippen LogP contribution is 2.23. The summed E-state index contributed by atoms with van der Waals surface area (Å²) in [6.07, 6.45) is 0.167. The van der Waals surface area contributed by atoms with Crippen LogP contribution in [-0.2, 0) is 19.1 Å². The fourth-order valence-electron chi connectivity index (χ4n) is 2.70. The van der Waals surface area contributed by atoms with Gasteiger partial charge in [0.25, 0.3) is 0 Å². The Morgan fingerprint density at radius 3 is 2.65 bits per heavy atom. The Morgan fingerprint density at radius 2 is 2.10 bits per heavy atom. The number of carboxylic acids is 1. The van der Waals surface area contributed by atoms with E-state index in [1.54, 1.807) is 4.90 Å². The third kappa shape index (κ3) is 2.77. The van der Waals surface area contributed by atoms with E-state index in [0.717, 1.165) is 0 Å². The van der Waals surface area contributed by atoms with E-state index in [1.165, 1.54) is 4.90 Å². The van der Waals surface area contributed by atoms with Gasteiger partial charge in [-0.3, -0.25) is 9.59 Å². The molecular weight excluding hydrogens is 264 g/mol. The van der Waals surface area contributed by atoms with Gasteiger partial charge in [-0.25, -0.2) is 4.79 Å². The molecule has 0 aliphatic carbocycles. The van der Waals surface area contributed by atoms with Crippen molar-refractivity contribution in [3.05, 3.63) is 0 Å². The van der Waals surface area contributed by atoms with Crippen LogP contribution in [0, 0.1) is 5.92 Å². The highest BCUT2D eigenvalue weighted by Gasteiger charge is 2.41. The fourth-order valence-corrected chi connectivity index (χ4v) is 2.70. The molecule has 2 aliphatic heterocycles. The molecule has 0 aromatic rings. The molecule has 2 heterocycles. The van der Waals surface area contributed by atoms with Crippen LogP contribution < -0.4 is 0 Å². The van der Waals surface area contributed by atoms with E-state index in [1.807, 2.05) is 13.8 Å². The van der Waals surface area contributed by atoms with Crippen molar-refractivity contribution in [2.75, 3.05) is 26.3 Å². The van der Waals surface area contributed by atoms with Gasteiger partial charge in [-0.05, 0) is 13.8 Å². The number of carboxylic acid groups (broad SMARTS) is 1. The molecule has 0 saturated carbocycles. The summed E-state index contributed by atoms with van der Waals surface area (Å²) in [5.41, 5.74) is 0. The summed E-state index contributed by atoms with van der Waals surface area (Å²) in [5.74, 6) is -1.80. The maximum absolute atomic E-state index is 12.5. The number of rotatable bonds is 3. The van der Waals surface area contributed by atoms with Gasteiger partial charge in [0.15, 0.2) is 6.04 Å². The first kappa shape index (κ1) is 14.8. The molecule has 2 aliphatic rings. The smallest absolute Gasteiger partial charge is 0.328 e. The second-order valence-electron chi connectivity index (χ2n) is 5.50. The van der Waals surface area contributed by atoms with Crippen LogP contribution in [0.1, 0.15) is 20.3 Å². The van der Waals surface area contributed by atoms with E-state index in [2.05, 4.69) is 0 Å². The van der Waals surface area contributed by atoms with Gasteiger partial charge in [-0.2, -0.15) is 0 Å². The Balaban J connectivity index is 2.07. The number of ether oxygens (including phenoxy) is 1. The summed E-state index contributed by atoms with van der Waals surface area (Å²) in [5, 5.41) is 9.14. The fraction of sp³-hybridized carbons (Fsp3) is 0.769. The lowest BCUT2D eigenvalue weighted by Crippen LogP contribution is -2.54. The summed E-state index contributed by atoms with van der Waals surface area (Å²) >= 11 is 0. The Kier molecular flexibility index (Phi) is 4.27. The molecule has 7 nitrogen and oxygen atoms in total. The number of likely N-dealkylation sites (tertiary alicyclic amines) is 1. The van der Waals surface area contributed by atoms with Crippen LogP contribution in [0.5, 0.6) is 0 Å².